The van der Waals surface area contributed by atoms with Crippen LogP contribution in [0.1, 0.15) is 40.7 Å². The molecule has 1 fully saturated rings. The Morgan fingerprint density at radius 3 is 1.86 bits per heavy atom. The minimum absolute atomic E-state index is 0.0193. The second kappa shape index (κ2) is 7.17. The van der Waals surface area contributed by atoms with E-state index in [1.54, 1.807) is 19.9 Å². The second-order valence-corrected chi connectivity index (χ2v) is 10.8. The standard InChI is InChI=1S/C20H26N2O4S2/c1-12-13(2)15(4)20(16(5)14(12)3)28(25,26)22-18-7-6-8-19(11-18)27(23,24)21-17-9-10-17/h6-8,11,17,21-22H,9-10H2,1-5H3. The van der Waals surface area contributed by atoms with E-state index >= 15 is 0 Å². The highest BCUT2D eigenvalue weighted by Crippen LogP contribution is 2.31. The molecule has 2 N–H and O–H groups in total. The van der Waals surface area contributed by atoms with Crippen molar-refractivity contribution in [2.75, 3.05) is 4.72 Å². The molecule has 3 rings (SSSR count). The lowest BCUT2D eigenvalue weighted by Gasteiger charge is -2.19. The van der Waals surface area contributed by atoms with Crippen molar-refractivity contribution in [3.63, 3.8) is 0 Å². The predicted octanol–water partition coefficient (Wildman–Crippen LogP) is 3.47. The van der Waals surface area contributed by atoms with Crippen molar-refractivity contribution in [2.45, 2.75) is 63.3 Å². The van der Waals surface area contributed by atoms with Gasteiger partial charge in [0.15, 0.2) is 0 Å². The molecule has 2 aromatic rings. The first-order chi connectivity index (χ1) is 12.9. The first kappa shape index (κ1) is 20.8. The minimum Gasteiger partial charge on any atom is -0.280 e. The third-order valence-corrected chi connectivity index (χ3v) is 8.67. The summed E-state index contributed by atoms with van der Waals surface area (Å²) in [5.41, 5.74) is 4.57. The van der Waals surface area contributed by atoms with E-state index in [0.717, 1.165) is 29.5 Å². The summed E-state index contributed by atoms with van der Waals surface area (Å²) >= 11 is 0. The normalized spacial score (nSPS) is 14.9. The molecule has 0 heterocycles. The minimum atomic E-state index is -3.87. The summed E-state index contributed by atoms with van der Waals surface area (Å²) in [7, 11) is -7.53. The molecular weight excluding hydrogens is 396 g/mol. The Morgan fingerprint density at radius 2 is 1.32 bits per heavy atom. The molecule has 1 aliphatic carbocycles. The fraction of sp³-hybridized carbons (Fsp3) is 0.400. The molecule has 0 radical (unpaired) electrons. The number of sulfonamides is 2. The van der Waals surface area contributed by atoms with Crippen LogP contribution in [0.3, 0.4) is 0 Å². The van der Waals surface area contributed by atoms with Crippen molar-refractivity contribution >= 4 is 25.7 Å². The molecular formula is C20H26N2O4S2. The van der Waals surface area contributed by atoms with Crippen molar-refractivity contribution in [3.8, 4) is 0 Å². The Hall–Kier alpha value is -1.90. The molecule has 152 valence electrons. The van der Waals surface area contributed by atoms with Crippen molar-refractivity contribution in [3.05, 3.63) is 52.1 Å². The summed E-state index contributed by atoms with van der Waals surface area (Å²) < 4.78 is 56.3. The Balaban J connectivity index is 1.99. The zero-order valence-corrected chi connectivity index (χ0v) is 18.4. The monoisotopic (exact) mass is 422 g/mol. The maximum absolute atomic E-state index is 13.1. The van der Waals surface area contributed by atoms with E-state index in [-0.39, 0.29) is 21.5 Å². The Bertz CT molecular complexity index is 1120. The van der Waals surface area contributed by atoms with Gasteiger partial charge in [-0.05, 0) is 93.5 Å². The highest BCUT2D eigenvalue weighted by atomic mass is 32.2. The number of nitrogens with one attached hydrogen (secondary N) is 2. The van der Waals surface area contributed by atoms with Gasteiger partial charge in [0.2, 0.25) is 10.0 Å². The first-order valence-electron chi connectivity index (χ1n) is 9.16. The van der Waals surface area contributed by atoms with Gasteiger partial charge in [-0.2, -0.15) is 0 Å². The second-order valence-electron chi connectivity index (χ2n) is 7.48. The maximum Gasteiger partial charge on any atom is 0.262 e. The van der Waals surface area contributed by atoms with Crippen LogP contribution in [-0.4, -0.2) is 22.9 Å². The van der Waals surface area contributed by atoms with Crippen molar-refractivity contribution < 1.29 is 16.8 Å². The van der Waals surface area contributed by atoms with Crippen LogP contribution in [0.15, 0.2) is 34.1 Å². The van der Waals surface area contributed by atoms with E-state index in [9.17, 15) is 16.8 Å². The molecule has 0 aromatic heterocycles. The lowest BCUT2D eigenvalue weighted by molar-refractivity contribution is 0.580. The molecule has 8 heteroatoms. The summed E-state index contributed by atoms with van der Waals surface area (Å²) in [4.78, 5) is 0.293. The quantitative estimate of drug-likeness (QED) is 0.746. The van der Waals surface area contributed by atoms with Gasteiger partial charge in [-0.1, -0.05) is 6.07 Å². The summed E-state index contributed by atoms with van der Waals surface area (Å²) in [5, 5.41) is 0. The van der Waals surface area contributed by atoms with Gasteiger partial charge in [-0.15, -0.1) is 0 Å². The molecule has 1 aliphatic rings. The van der Waals surface area contributed by atoms with Crippen molar-refractivity contribution in [1.29, 1.82) is 0 Å². The number of anilines is 1. The summed E-state index contributed by atoms with van der Waals surface area (Å²) in [6.45, 7) is 9.39. The molecule has 6 nitrogen and oxygen atoms in total. The zero-order valence-electron chi connectivity index (χ0n) is 16.8. The Labute approximate surface area is 167 Å². The number of benzene rings is 2. The Kier molecular flexibility index (Phi) is 5.33. The van der Waals surface area contributed by atoms with Crippen LogP contribution in [0, 0.1) is 34.6 Å². The molecule has 2 aromatic carbocycles. The van der Waals surface area contributed by atoms with Crippen LogP contribution in [-0.2, 0) is 20.0 Å². The lowest BCUT2D eigenvalue weighted by atomic mass is 9.95. The van der Waals surface area contributed by atoms with Crippen molar-refractivity contribution in [2.24, 2.45) is 0 Å². The van der Waals surface area contributed by atoms with Gasteiger partial charge in [0.05, 0.1) is 15.5 Å². The lowest BCUT2D eigenvalue weighted by Crippen LogP contribution is -2.25. The van der Waals surface area contributed by atoms with Gasteiger partial charge in [0.1, 0.15) is 0 Å². The van der Waals surface area contributed by atoms with E-state index in [1.165, 1.54) is 18.2 Å². The molecule has 0 atom stereocenters. The smallest absolute Gasteiger partial charge is 0.262 e. The Morgan fingerprint density at radius 1 is 0.786 bits per heavy atom. The number of rotatable bonds is 6. The molecule has 0 saturated heterocycles. The van der Waals surface area contributed by atoms with Gasteiger partial charge >= 0.3 is 0 Å². The van der Waals surface area contributed by atoms with Crippen LogP contribution < -0.4 is 9.44 Å². The van der Waals surface area contributed by atoms with Crippen LogP contribution in [0.4, 0.5) is 5.69 Å². The average molecular weight is 423 g/mol. The third kappa shape index (κ3) is 3.94. The third-order valence-electron chi connectivity index (χ3n) is 5.50. The van der Waals surface area contributed by atoms with Crippen LogP contribution >= 0.6 is 0 Å². The first-order valence-corrected chi connectivity index (χ1v) is 12.1. The summed E-state index contributed by atoms with van der Waals surface area (Å²) in [6, 6.07) is 5.87. The highest BCUT2D eigenvalue weighted by Gasteiger charge is 2.28. The fourth-order valence-corrected chi connectivity index (χ4v) is 6.29. The van der Waals surface area contributed by atoms with Gasteiger partial charge in [-0.25, -0.2) is 21.6 Å². The fourth-order valence-electron chi connectivity index (χ4n) is 3.29. The number of hydrogen-bond donors (Lipinski definition) is 2. The van der Waals surface area contributed by atoms with Gasteiger partial charge in [0, 0.05) is 6.04 Å². The van der Waals surface area contributed by atoms with Crippen LogP contribution in [0.25, 0.3) is 0 Å². The van der Waals surface area contributed by atoms with Gasteiger partial charge in [-0.3, -0.25) is 4.72 Å². The molecule has 0 unspecified atom stereocenters. The van der Waals surface area contributed by atoms with E-state index in [2.05, 4.69) is 9.44 Å². The largest absolute Gasteiger partial charge is 0.280 e. The molecule has 28 heavy (non-hydrogen) atoms. The van der Waals surface area contributed by atoms with Crippen molar-refractivity contribution in [1.82, 2.24) is 4.72 Å². The number of hydrogen-bond acceptors (Lipinski definition) is 4. The van der Waals surface area contributed by atoms with Crippen LogP contribution in [0.5, 0.6) is 0 Å². The topological polar surface area (TPSA) is 92.3 Å². The van der Waals surface area contributed by atoms with Gasteiger partial charge in [0.25, 0.3) is 10.0 Å². The predicted molar refractivity (Wildman–Crippen MR) is 111 cm³/mol. The summed E-state index contributed by atoms with van der Waals surface area (Å²) in [5.74, 6) is 0. The zero-order chi connectivity index (χ0) is 20.9. The van der Waals surface area contributed by atoms with Crippen LogP contribution in [0.2, 0.25) is 0 Å². The molecule has 1 saturated carbocycles. The van der Waals surface area contributed by atoms with E-state index in [0.29, 0.717) is 11.1 Å². The average Bonchev–Trinajstić information content (AvgIpc) is 3.41. The van der Waals surface area contributed by atoms with E-state index in [1.807, 2.05) is 20.8 Å². The maximum atomic E-state index is 13.1. The van der Waals surface area contributed by atoms with E-state index in [4.69, 9.17) is 0 Å². The molecule has 0 spiro atoms. The SMILES string of the molecule is Cc1c(C)c(C)c(S(=O)(=O)Nc2cccc(S(=O)(=O)NC3CC3)c2)c(C)c1C. The van der Waals surface area contributed by atoms with Gasteiger partial charge < -0.3 is 0 Å². The van der Waals surface area contributed by atoms with E-state index < -0.39 is 20.0 Å². The molecule has 0 aliphatic heterocycles. The molecule has 0 bridgehead atoms. The highest BCUT2D eigenvalue weighted by molar-refractivity contribution is 7.92. The summed E-state index contributed by atoms with van der Waals surface area (Å²) in [6.07, 6.45) is 1.66. The molecule has 0 amide bonds.